The molecule has 1 saturated carbocycles. The van der Waals surface area contributed by atoms with Gasteiger partial charge >= 0.3 is 5.97 Å². The minimum absolute atomic E-state index is 0.0528. The van der Waals surface area contributed by atoms with Crippen molar-refractivity contribution in [1.29, 1.82) is 0 Å². The van der Waals surface area contributed by atoms with Gasteiger partial charge in [-0.25, -0.2) is 17.9 Å². The molecule has 1 aromatic rings. The molecule has 1 N–H and O–H groups in total. The normalized spacial score (nSPS) is 18.0. The topological polar surface area (TPSA) is 102 Å². The van der Waals surface area contributed by atoms with Crippen molar-refractivity contribution < 1.29 is 27.5 Å². The number of carbonyl (C=O) groups is 2. The van der Waals surface area contributed by atoms with Crippen molar-refractivity contribution in [2.45, 2.75) is 43.5 Å². The largest absolute Gasteiger partial charge is 0.495 e. The van der Waals surface area contributed by atoms with Gasteiger partial charge in [-0.1, -0.05) is 6.92 Å². The molecule has 0 unspecified atom stereocenters. The summed E-state index contributed by atoms with van der Waals surface area (Å²) in [4.78, 5) is 26.1. The van der Waals surface area contributed by atoms with Crippen LogP contribution in [0.25, 0.3) is 0 Å². The van der Waals surface area contributed by atoms with E-state index < -0.39 is 16.0 Å². The minimum Gasteiger partial charge on any atom is -0.495 e. The summed E-state index contributed by atoms with van der Waals surface area (Å²) in [5.74, 6) is -0.250. The maximum atomic E-state index is 12.5. The average molecular weight is 410 g/mol. The van der Waals surface area contributed by atoms with Crippen molar-refractivity contribution in [3.05, 3.63) is 23.8 Å². The Morgan fingerprint density at radius 3 is 2.46 bits per heavy atom. The number of ether oxygens (including phenoxy) is 2. The molecule has 1 heterocycles. The Balaban J connectivity index is 1.66. The summed E-state index contributed by atoms with van der Waals surface area (Å²) in [5.41, 5.74) is 0.0528. The first kappa shape index (κ1) is 20.6. The second kappa shape index (κ2) is 8.48. The number of benzene rings is 1. The van der Waals surface area contributed by atoms with E-state index in [1.165, 1.54) is 25.3 Å². The molecule has 3 rings (SSSR count). The quantitative estimate of drug-likeness (QED) is 0.685. The van der Waals surface area contributed by atoms with E-state index in [2.05, 4.69) is 11.6 Å². The Kier molecular flexibility index (Phi) is 6.24. The summed E-state index contributed by atoms with van der Waals surface area (Å²) >= 11 is 0. The zero-order valence-electron chi connectivity index (χ0n) is 16.1. The molecule has 1 amide bonds. The van der Waals surface area contributed by atoms with E-state index in [0.717, 1.165) is 25.7 Å². The Morgan fingerprint density at radius 1 is 1.18 bits per heavy atom. The number of rotatable bonds is 7. The first-order valence-electron chi connectivity index (χ1n) is 9.45. The molecule has 8 nitrogen and oxygen atoms in total. The van der Waals surface area contributed by atoms with Gasteiger partial charge in [0.1, 0.15) is 10.6 Å². The molecule has 0 spiro atoms. The summed E-state index contributed by atoms with van der Waals surface area (Å²) in [5, 5.41) is 0. The first-order valence-corrected chi connectivity index (χ1v) is 10.9. The van der Waals surface area contributed by atoms with E-state index in [1.807, 2.05) is 0 Å². The zero-order chi connectivity index (χ0) is 20.3. The Hall–Kier alpha value is -2.13. The van der Waals surface area contributed by atoms with Crippen LogP contribution in [0.2, 0.25) is 0 Å². The van der Waals surface area contributed by atoms with E-state index in [0.29, 0.717) is 19.0 Å². The van der Waals surface area contributed by atoms with E-state index in [9.17, 15) is 18.0 Å². The first-order chi connectivity index (χ1) is 13.3. The lowest BCUT2D eigenvalue weighted by Crippen LogP contribution is -2.40. The van der Waals surface area contributed by atoms with Crippen LogP contribution in [-0.4, -0.2) is 58.0 Å². The lowest BCUT2D eigenvalue weighted by molar-refractivity contribution is -0.135. The van der Waals surface area contributed by atoms with E-state index in [1.54, 1.807) is 4.90 Å². The van der Waals surface area contributed by atoms with Gasteiger partial charge in [0, 0.05) is 19.1 Å². The molecule has 9 heteroatoms. The molecule has 0 aromatic heterocycles. The average Bonchev–Trinajstić information content (AvgIpc) is 3.49. The SMILES string of the molecule is COc1ccc(C(=O)OCC(=O)N2CCC(C)CC2)cc1S(=O)(=O)NC1CC1. The number of amides is 1. The number of hydrogen-bond acceptors (Lipinski definition) is 6. The Bertz CT molecular complexity index is 842. The number of hydrogen-bond donors (Lipinski definition) is 1. The summed E-state index contributed by atoms with van der Waals surface area (Å²) in [6, 6.07) is 3.98. The standard InChI is InChI=1S/C19H26N2O6S/c1-13-7-9-21(10-8-13)18(22)12-27-19(23)14-3-6-16(26-2)17(11-14)28(24,25)20-15-4-5-15/h3,6,11,13,15,20H,4-5,7-10,12H2,1-2H3. The lowest BCUT2D eigenvalue weighted by atomic mass is 9.99. The highest BCUT2D eigenvalue weighted by atomic mass is 32.2. The summed E-state index contributed by atoms with van der Waals surface area (Å²) in [7, 11) is -2.44. The van der Waals surface area contributed by atoms with Crippen LogP contribution in [0.15, 0.2) is 23.1 Å². The molecule has 28 heavy (non-hydrogen) atoms. The summed E-state index contributed by atoms with van der Waals surface area (Å²) < 4.78 is 37.9. The number of nitrogens with zero attached hydrogens (tertiary/aromatic N) is 1. The fourth-order valence-corrected chi connectivity index (χ4v) is 4.56. The van der Waals surface area contributed by atoms with Crippen molar-refractivity contribution in [1.82, 2.24) is 9.62 Å². The number of esters is 1. The predicted molar refractivity (Wildman–Crippen MR) is 102 cm³/mol. The van der Waals surface area contributed by atoms with Crippen LogP contribution < -0.4 is 9.46 Å². The van der Waals surface area contributed by atoms with Gasteiger partial charge in [-0.2, -0.15) is 0 Å². The highest BCUT2D eigenvalue weighted by molar-refractivity contribution is 7.89. The van der Waals surface area contributed by atoms with E-state index in [-0.39, 0.29) is 34.8 Å². The van der Waals surface area contributed by atoms with Gasteiger partial charge in [-0.15, -0.1) is 0 Å². The molecular weight excluding hydrogens is 384 g/mol. The molecule has 0 radical (unpaired) electrons. The number of sulfonamides is 1. The van der Waals surface area contributed by atoms with Crippen LogP contribution in [-0.2, 0) is 19.6 Å². The second-order valence-electron chi connectivity index (χ2n) is 7.40. The predicted octanol–water partition coefficient (Wildman–Crippen LogP) is 1.55. The van der Waals surface area contributed by atoms with Gasteiger partial charge in [-0.05, 0) is 49.8 Å². The van der Waals surface area contributed by atoms with Gasteiger partial charge in [0.15, 0.2) is 6.61 Å². The van der Waals surface area contributed by atoms with Gasteiger partial charge in [0.05, 0.1) is 12.7 Å². The molecule has 1 aliphatic heterocycles. The molecule has 2 aliphatic rings. The molecule has 1 aliphatic carbocycles. The van der Waals surface area contributed by atoms with Crippen molar-refractivity contribution in [3.63, 3.8) is 0 Å². The van der Waals surface area contributed by atoms with E-state index in [4.69, 9.17) is 9.47 Å². The van der Waals surface area contributed by atoms with Crippen molar-refractivity contribution in [2.24, 2.45) is 5.92 Å². The van der Waals surface area contributed by atoms with Crippen LogP contribution in [0.3, 0.4) is 0 Å². The fraction of sp³-hybridized carbons (Fsp3) is 0.579. The zero-order valence-corrected chi connectivity index (χ0v) is 17.0. The minimum atomic E-state index is -3.81. The second-order valence-corrected chi connectivity index (χ2v) is 9.08. The van der Waals surface area contributed by atoms with Crippen molar-refractivity contribution in [2.75, 3.05) is 26.8 Å². The van der Waals surface area contributed by atoms with Gasteiger partial charge < -0.3 is 14.4 Å². The Labute approximate surface area is 165 Å². The molecule has 0 bridgehead atoms. The summed E-state index contributed by atoms with van der Waals surface area (Å²) in [6.45, 7) is 3.11. The lowest BCUT2D eigenvalue weighted by Gasteiger charge is -2.30. The smallest absolute Gasteiger partial charge is 0.338 e. The van der Waals surface area contributed by atoms with Crippen LogP contribution in [0.1, 0.15) is 43.0 Å². The maximum absolute atomic E-state index is 12.5. The van der Waals surface area contributed by atoms with Crippen LogP contribution in [0.4, 0.5) is 0 Å². The van der Waals surface area contributed by atoms with Crippen LogP contribution in [0, 0.1) is 5.92 Å². The molecule has 154 valence electrons. The molecular formula is C19H26N2O6S. The highest BCUT2D eigenvalue weighted by Crippen LogP contribution is 2.28. The molecule has 2 fully saturated rings. The van der Waals surface area contributed by atoms with Gasteiger partial charge in [0.2, 0.25) is 10.0 Å². The number of likely N-dealkylation sites (tertiary alicyclic amines) is 1. The Morgan fingerprint density at radius 2 is 1.86 bits per heavy atom. The summed E-state index contributed by atoms with van der Waals surface area (Å²) in [6.07, 6.45) is 3.46. The third kappa shape index (κ3) is 5.02. The molecule has 0 atom stereocenters. The van der Waals surface area contributed by atoms with E-state index >= 15 is 0 Å². The highest BCUT2D eigenvalue weighted by Gasteiger charge is 2.30. The van der Waals surface area contributed by atoms with Gasteiger partial charge in [-0.3, -0.25) is 4.79 Å². The fourth-order valence-electron chi connectivity index (χ4n) is 3.06. The maximum Gasteiger partial charge on any atom is 0.338 e. The number of carbonyl (C=O) groups excluding carboxylic acids is 2. The van der Waals surface area contributed by atoms with Crippen molar-refractivity contribution in [3.8, 4) is 5.75 Å². The molecule has 1 saturated heterocycles. The van der Waals surface area contributed by atoms with Gasteiger partial charge in [0.25, 0.3) is 5.91 Å². The third-order valence-corrected chi connectivity index (χ3v) is 6.59. The molecule has 1 aromatic carbocycles. The monoisotopic (exact) mass is 410 g/mol. The number of piperidine rings is 1. The van der Waals surface area contributed by atoms with Crippen LogP contribution in [0.5, 0.6) is 5.75 Å². The number of methoxy groups -OCH3 is 1. The third-order valence-electron chi connectivity index (χ3n) is 5.05. The van der Waals surface area contributed by atoms with Crippen LogP contribution >= 0.6 is 0 Å². The number of nitrogens with one attached hydrogen (secondary N) is 1. The van der Waals surface area contributed by atoms with Crippen molar-refractivity contribution >= 4 is 21.9 Å².